The maximum atomic E-state index is 14.3. The van der Waals surface area contributed by atoms with Gasteiger partial charge in [-0.05, 0) is 60.6 Å². The van der Waals surface area contributed by atoms with Crippen LogP contribution >= 0.6 is 0 Å². The van der Waals surface area contributed by atoms with Crippen molar-refractivity contribution in [2.75, 3.05) is 18.9 Å². The molecule has 16 nitrogen and oxygen atoms in total. The Hall–Kier alpha value is -7.49. The van der Waals surface area contributed by atoms with Gasteiger partial charge in [-0.25, -0.2) is 4.79 Å². The summed E-state index contributed by atoms with van der Waals surface area (Å²) in [7, 11) is 1.30. The number of primary amides is 1. The molecule has 5 aromatic rings. The van der Waals surface area contributed by atoms with E-state index in [9.17, 15) is 38.7 Å². The Morgan fingerprint density at radius 2 is 1.33 bits per heavy atom. The number of carbonyl (C=O) groups is 7. The van der Waals surface area contributed by atoms with E-state index < -0.39 is 72.1 Å². The molecule has 0 fully saturated rings. The van der Waals surface area contributed by atoms with Crippen LogP contribution in [0.25, 0.3) is 10.9 Å². The predicted octanol–water partition coefficient (Wildman–Crippen LogP) is 3.74. The highest BCUT2D eigenvalue weighted by Crippen LogP contribution is 2.20. The summed E-state index contributed by atoms with van der Waals surface area (Å²) in [4.78, 5) is 97.4. The molecule has 0 saturated heterocycles. The first kappa shape index (κ1) is 46.6. The van der Waals surface area contributed by atoms with Gasteiger partial charge < -0.3 is 47.3 Å². The molecule has 0 saturated carbocycles. The zero-order valence-electron chi connectivity index (χ0n) is 35.3. The van der Waals surface area contributed by atoms with Crippen molar-refractivity contribution in [3.05, 3.63) is 138 Å². The number of carboxylic acids is 1. The molecule has 0 unspecified atom stereocenters. The van der Waals surface area contributed by atoms with Crippen LogP contribution in [0.5, 0.6) is 0 Å². The number of aliphatic carboxylic acids is 1. The monoisotopic (exact) mass is 858 g/mol. The molecule has 0 spiro atoms. The van der Waals surface area contributed by atoms with Gasteiger partial charge in [0.05, 0.1) is 12.8 Å². The first-order valence-corrected chi connectivity index (χ1v) is 20.7. The smallest absolute Gasteiger partial charge is 0.319 e. The Kier molecular flexibility index (Phi) is 16.9. The van der Waals surface area contributed by atoms with Crippen LogP contribution in [0.15, 0.2) is 115 Å². The third-order valence-corrected chi connectivity index (χ3v) is 10.6. The van der Waals surface area contributed by atoms with Gasteiger partial charge in [0.15, 0.2) is 0 Å². The molecule has 0 radical (unpaired) electrons. The normalized spacial score (nSPS) is 12.8. The van der Waals surface area contributed by atoms with Crippen LogP contribution in [0.1, 0.15) is 47.9 Å². The average molecular weight is 859 g/mol. The van der Waals surface area contributed by atoms with Crippen LogP contribution in [-0.2, 0) is 48.0 Å². The van der Waals surface area contributed by atoms with Crippen molar-refractivity contribution in [1.29, 1.82) is 0 Å². The van der Waals surface area contributed by atoms with Crippen molar-refractivity contribution in [2.45, 2.75) is 76.0 Å². The van der Waals surface area contributed by atoms with E-state index in [0.29, 0.717) is 17.7 Å². The SMILES string of the molecule is Cc1ccccc1NC(=O)NCCCC[C@H](NC(=O)[C@H](Cc1c[nH]c2ccccc12)NC(=O)Cc1ccccc1)C(=O)N[C@@H](CC(=O)O)C(=O)N(C)[C@@H](Cc1ccccc1)C(N)=O. The van der Waals surface area contributed by atoms with E-state index in [-0.39, 0.29) is 38.6 Å². The van der Waals surface area contributed by atoms with Gasteiger partial charge in [0.25, 0.3) is 0 Å². The largest absolute Gasteiger partial charge is 0.481 e. The zero-order chi connectivity index (χ0) is 45.3. The summed E-state index contributed by atoms with van der Waals surface area (Å²) >= 11 is 0. The number of likely N-dealkylation sites (N-methyl/N-ethyl adjacent to an activating group) is 1. The number of nitrogens with two attached hydrogens (primary N) is 1. The summed E-state index contributed by atoms with van der Waals surface area (Å²) in [5.74, 6) is -5.14. The first-order valence-electron chi connectivity index (χ1n) is 20.7. The summed E-state index contributed by atoms with van der Waals surface area (Å²) in [6, 6.07) is 26.8. The number of para-hydroxylation sites is 2. The number of amides is 7. The van der Waals surface area contributed by atoms with Crippen LogP contribution in [0, 0.1) is 6.92 Å². The lowest BCUT2D eigenvalue weighted by atomic mass is 10.0. The highest BCUT2D eigenvalue weighted by molar-refractivity contribution is 5.97. The fourth-order valence-corrected chi connectivity index (χ4v) is 7.16. The number of anilines is 1. The van der Waals surface area contributed by atoms with Crippen LogP contribution in [0.4, 0.5) is 10.5 Å². The first-order chi connectivity index (χ1) is 30.3. The fourth-order valence-electron chi connectivity index (χ4n) is 7.16. The quantitative estimate of drug-likeness (QED) is 0.0476. The third kappa shape index (κ3) is 14.0. The van der Waals surface area contributed by atoms with Gasteiger partial charge in [-0.15, -0.1) is 0 Å². The molecule has 1 heterocycles. The highest BCUT2D eigenvalue weighted by Gasteiger charge is 2.35. The standard InChI is InChI=1S/C47H54N8O8/c1-30-15-9-11-21-35(30)54-47(63)49-24-14-13-23-37(44(60)53-39(28-42(57)58)46(62)55(2)40(43(48)59)25-31-16-5-3-6-17-31)52-45(61)38(51-41(56)26-32-18-7-4-8-19-32)27-33-29-50-36-22-12-10-20-34(33)36/h3-12,15-22,29,37-40,50H,13-14,23-28H2,1-2H3,(H2,48,59)(H,51,56)(H,52,61)(H,53,60)(H,57,58)(H2,49,54,63)/t37-,38-,39-,40-/m0/s1. The minimum atomic E-state index is -1.66. The summed E-state index contributed by atoms with van der Waals surface area (Å²) in [6.07, 6.45) is 1.62. The molecule has 9 N–H and O–H groups in total. The van der Waals surface area contributed by atoms with Crippen molar-refractivity contribution in [2.24, 2.45) is 5.73 Å². The van der Waals surface area contributed by atoms with Gasteiger partial charge >= 0.3 is 12.0 Å². The van der Waals surface area contributed by atoms with Crippen LogP contribution in [0.3, 0.4) is 0 Å². The number of aryl methyl sites for hydroxylation is 1. The molecule has 0 aliphatic rings. The van der Waals surface area contributed by atoms with E-state index in [1.54, 1.807) is 72.9 Å². The molecule has 0 aliphatic carbocycles. The van der Waals surface area contributed by atoms with Gasteiger partial charge in [-0.2, -0.15) is 0 Å². The van der Waals surface area contributed by atoms with E-state index in [1.807, 2.05) is 49.4 Å². The number of hydrogen-bond acceptors (Lipinski definition) is 7. The summed E-state index contributed by atoms with van der Waals surface area (Å²) < 4.78 is 0. The number of aromatic nitrogens is 1. The fraction of sp³-hybridized carbons (Fsp3) is 0.298. The Morgan fingerprint density at radius 1 is 0.714 bits per heavy atom. The third-order valence-electron chi connectivity index (χ3n) is 10.6. The Morgan fingerprint density at radius 3 is 2.02 bits per heavy atom. The van der Waals surface area contributed by atoms with Crippen molar-refractivity contribution >= 4 is 58.1 Å². The number of rotatable bonds is 22. The summed E-state index contributed by atoms with van der Waals surface area (Å²) in [6.45, 7) is 2.07. The summed E-state index contributed by atoms with van der Waals surface area (Å²) in [5, 5.41) is 24.4. The number of nitrogens with zero attached hydrogens (tertiary/aromatic N) is 1. The van der Waals surface area contributed by atoms with Gasteiger partial charge in [-0.1, -0.05) is 97.1 Å². The Bertz CT molecular complexity index is 2370. The Balaban J connectivity index is 1.36. The number of nitrogens with one attached hydrogen (secondary N) is 6. The topological polar surface area (TPSA) is 245 Å². The maximum Gasteiger partial charge on any atom is 0.319 e. The van der Waals surface area contributed by atoms with Crippen molar-refractivity contribution in [3.63, 3.8) is 0 Å². The van der Waals surface area contributed by atoms with Crippen molar-refractivity contribution in [3.8, 4) is 0 Å². The number of urea groups is 1. The van der Waals surface area contributed by atoms with E-state index in [0.717, 1.165) is 32.5 Å². The minimum absolute atomic E-state index is 0.00181. The van der Waals surface area contributed by atoms with Gasteiger partial charge in [0.2, 0.25) is 29.5 Å². The molecule has 4 atom stereocenters. The van der Waals surface area contributed by atoms with E-state index in [1.165, 1.54) is 7.05 Å². The van der Waals surface area contributed by atoms with Crippen LogP contribution < -0.4 is 32.3 Å². The zero-order valence-corrected chi connectivity index (χ0v) is 35.3. The number of H-pyrrole nitrogens is 1. The number of fused-ring (bicyclic) bond motifs is 1. The molecular weight excluding hydrogens is 805 g/mol. The molecule has 330 valence electrons. The van der Waals surface area contributed by atoms with E-state index >= 15 is 0 Å². The minimum Gasteiger partial charge on any atom is -0.481 e. The number of hydrogen-bond donors (Lipinski definition) is 8. The average Bonchev–Trinajstić information content (AvgIpc) is 3.67. The second kappa shape index (κ2) is 22.9. The maximum absolute atomic E-state index is 14.3. The summed E-state index contributed by atoms with van der Waals surface area (Å²) in [5.41, 5.74) is 10.2. The van der Waals surface area contributed by atoms with E-state index in [2.05, 4.69) is 31.6 Å². The lowest BCUT2D eigenvalue weighted by molar-refractivity contribution is -0.146. The lowest BCUT2D eigenvalue weighted by Crippen LogP contribution is -2.59. The van der Waals surface area contributed by atoms with Crippen molar-refractivity contribution < 1.29 is 38.7 Å². The van der Waals surface area contributed by atoms with Crippen molar-refractivity contribution in [1.82, 2.24) is 31.2 Å². The van der Waals surface area contributed by atoms with Crippen LogP contribution in [-0.4, -0.2) is 94.3 Å². The second-order valence-corrected chi connectivity index (χ2v) is 15.3. The molecular formula is C47H54N8O8. The highest BCUT2D eigenvalue weighted by atomic mass is 16.4. The molecule has 1 aromatic heterocycles. The molecule has 7 amide bonds. The second-order valence-electron chi connectivity index (χ2n) is 15.3. The Labute approximate surface area is 365 Å². The van der Waals surface area contributed by atoms with Crippen LogP contribution in [0.2, 0.25) is 0 Å². The number of carbonyl (C=O) groups excluding carboxylic acids is 6. The van der Waals surface area contributed by atoms with Gasteiger partial charge in [0.1, 0.15) is 24.2 Å². The van der Waals surface area contributed by atoms with Gasteiger partial charge in [-0.3, -0.25) is 28.8 Å². The van der Waals surface area contributed by atoms with Gasteiger partial charge in [0, 0.05) is 49.2 Å². The molecule has 0 aliphatic heterocycles. The number of aromatic amines is 1. The number of carboxylic acid groups (broad SMARTS) is 1. The van der Waals surface area contributed by atoms with E-state index in [4.69, 9.17) is 5.73 Å². The number of benzene rings is 4. The molecule has 0 bridgehead atoms. The molecule has 5 rings (SSSR count). The predicted molar refractivity (Wildman–Crippen MR) is 238 cm³/mol. The molecule has 4 aromatic carbocycles. The molecule has 16 heteroatoms. The number of unbranched alkanes of at least 4 members (excludes halogenated alkanes) is 1. The lowest BCUT2D eigenvalue weighted by Gasteiger charge is -2.30. The molecule has 63 heavy (non-hydrogen) atoms.